The van der Waals surface area contributed by atoms with Crippen molar-refractivity contribution < 1.29 is 19.1 Å². The first-order valence-corrected chi connectivity index (χ1v) is 11.4. The Labute approximate surface area is 186 Å². The summed E-state index contributed by atoms with van der Waals surface area (Å²) in [7, 11) is 5.57. The Morgan fingerprint density at radius 1 is 1.16 bits per heavy atom. The molecule has 0 bridgehead atoms. The van der Waals surface area contributed by atoms with E-state index in [2.05, 4.69) is 31.1 Å². The standard InChI is InChI=1S/C24H37N3O4/c1-16-13-26(3)17(2)15-31-21-11-10-19(25-23(28)18-8-6-7-9-18)12-20(21)24(29)27(4)14-22(16)30-5/h10-12,16-18,22H,6-9,13-15H2,1-5H3,(H,25,28)/t16-,17-,22+/m0/s1. The average Bonchev–Trinajstić information content (AvgIpc) is 3.29. The second-order valence-corrected chi connectivity index (χ2v) is 9.22. The highest BCUT2D eigenvalue weighted by Gasteiger charge is 2.28. The third kappa shape index (κ3) is 5.77. The predicted molar refractivity (Wildman–Crippen MR) is 122 cm³/mol. The molecule has 1 aliphatic heterocycles. The number of likely N-dealkylation sites (N-methyl/N-ethyl adjacent to an activating group) is 2. The van der Waals surface area contributed by atoms with Crippen LogP contribution in [-0.4, -0.2) is 74.7 Å². The number of rotatable bonds is 3. The van der Waals surface area contributed by atoms with Crippen LogP contribution in [0.4, 0.5) is 5.69 Å². The number of hydrogen-bond donors (Lipinski definition) is 1. The van der Waals surface area contributed by atoms with Crippen molar-refractivity contribution in [3.63, 3.8) is 0 Å². The zero-order chi connectivity index (χ0) is 22.5. The molecular weight excluding hydrogens is 394 g/mol. The van der Waals surface area contributed by atoms with Crippen LogP contribution < -0.4 is 10.1 Å². The summed E-state index contributed by atoms with van der Waals surface area (Å²) >= 11 is 0. The summed E-state index contributed by atoms with van der Waals surface area (Å²) in [6.45, 7) is 6.07. The number of benzene rings is 1. The van der Waals surface area contributed by atoms with E-state index < -0.39 is 0 Å². The first-order chi connectivity index (χ1) is 14.8. The zero-order valence-electron chi connectivity index (χ0n) is 19.5. The number of methoxy groups -OCH3 is 1. The minimum Gasteiger partial charge on any atom is -0.491 e. The molecule has 1 N–H and O–H groups in total. The molecule has 7 nitrogen and oxygen atoms in total. The fraction of sp³-hybridized carbons (Fsp3) is 0.667. The van der Waals surface area contributed by atoms with Crippen molar-refractivity contribution in [2.45, 2.75) is 51.7 Å². The van der Waals surface area contributed by atoms with Gasteiger partial charge >= 0.3 is 0 Å². The maximum Gasteiger partial charge on any atom is 0.257 e. The van der Waals surface area contributed by atoms with Gasteiger partial charge in [-0.3, -0.25) is 14.5 Å². The summed E-state index contributed by atoms with van der Waals surface area (Å²) in [4.78, 5) is 29.8. The van der Waals surface area contributed by atoms with Gasteiger partial charge in [0.1, 0.15) is 12.4 Å². The second kappa shape index (κ2) is 10.5. The number of carbonyl (C=O) groups is 2. The SMILES string of the molecule is CO[C@@H]1CN(C)C(=O)c2cc(NC(=O)C3CCCC3)ccc2OC[C@H](C)N(C)C[C@@H]1C. The van der Waals surface area contributed by atoms with Gasteiger partial charge in [-0.25, -0.2) is 0 Å². The van der Waals surface area contributed by atoms with Gasteiger partial charge in [0.05, 0.1) is 11.7 Å². The van der Waals surface area contributed by atoms with Crippen LogP contribution in [0.2, 0.25) is 0 Å². The largest absolute Gasteiger partial charge is 0.491 e. The second-order valence-electron chi connectivity index (χ2n) is 9.22. The number of amides is 2. The molecular formula is C24H37N3O4. The number of fused-ring (bicyclic) bond motifs is 1. The van der Waals surface area contributed by atoms with Crippen molar-refractivity contribution >= 4 is 17.5 Å². The van der Waals surface area contributed by atoms with E-state index in [0.29, 0.717) is 30.2 Å². The van der Waals surface area contributed by atoms with Crippen LogP contribution in [0.25, 0.3) is 0 Å². The fourth-order valence-corrected chi connectivity index (χ4v) is 4.47. The molecule has 1 saturated carbocycles. The molecule has 0 saturated heterocycles. The van der Waals surface area contributed by atoms with E-state index in [1.165, 1.54) is 0 Å². The van der Waals surface area contributed by atoms with Gasteiger partial charge in [0, 0.05) is 44.9 Å². The summed E-state index contributed by atoms with van der Waals surface area (Å²) in [6, 6.07) is 5.54. The molecule has 0 aromatic heterocycles. The minimum atomic E-state index is -0.136. The first-order valence-electron chi connectivity index (χ1n) is 11.4. The highest BCUT2D eigenvalue weighted by atomic mass is 16.5. The summed E-state index contributed by atoms with van der Waals surface area (Å²) in [5, 5.41) is 3.00. The number of anilines is 1. The molecule has 0 radical (unpaired) electrons. The van der Waals surface area contributed by atoms with Crippen LogP contribution in [-0.2, 0) is 9.53 Å². The van der Waals surface area contributed by atoms with Crippen LogP contribution in [0.1, 0.15) is 49.9 Å². The number of nitrogens with one attached hydrogen (secondary N) is 1. The third-order valence-electron chi connectivity index (χ3n) is 6.75. The summed E-state index contributed by atoms with van der Waals surface area (Å²) in [6.07, 6.45) is 4.00. The van der Waals surface area contributed by atoms with Crippen molar-refractivity contribution in [3.05, 3.63) is 23.8 Å². The molecule has 2 aliphatic rings. The zero-order valence-corrected chi connectivity index (χ0v) is 19.5. The Kier molecular flexibility index (Phi) is 7.94. The first kappa shape index (κ1) is 23.5. The van der Waals surface area contributed by atoms with Gasteiger partial charge in [-0.15, -0.1) is 0 Å². The Bertz CT molecular complexity index is 778. The van der Waals surface area contributed by atoms with Crippen LogP contribution in [0.3, 0.4) is 0 Å². The molecule has 7 heteroatoms. The van der Waals surface area contributed by atoms with E-state index in [9.17, 15) is 9.59 Å². The van der Waals surface area contributed by atoms with E-state index >= 15 is 0 Å². The molecule has 1 aromatic rings. The number of hydrogen-bond acceptors (Lipinski definition) is 5. The summed E-state index contributed by atoms with van der Waals surface area (Å²) in [5.41, 5.74) is 1.10. The number of nitrogens with zero attached hydrogens (tertiary/aromatic N) is 2. The summed E-state index contributed by atoms with van der Waals surface area (Å²) in [5.74, 6) is 0.761. The Morgan fingerprint density at radius 3 is 2.55 bits per heavy atom. The van der Waals surface area contributed by atoms with Crippen molar-refractivity contribution in [1.29, 1.82) is 0 Å². The normalized spacial score (nSPS) is 26.5. The maximum atomic E-state index is 13.3. The third-order valence-corrected chi connectivity index (χ3v) is 6.75. The Morgan fingerprint density at radius 2 is 1.87 bits per heavy atom. The molecule has 31 heavy (non-hydrogen) atoms. The lowest BCUT2D eigenvalue weighted by molar-refractivity contribution is -0.119. The Hall–Kier alpha value is -2.12. The molecule has 1 aromatic carbocycles. The van der Waals surface area contributed by atoms with Crippen LogP contribution in [0.15, 0.2) is 18.2 Å². The lowest BCUT2D eigenvalue weighted by Crippen LogP contribution is -2.45. The van der Waals surface area contributed by atoms with Gasteiger partial charge in [-0.05, 0) is 50.9 Å². The monoisotopic (exact) mass is 431 g/mol. The highest BCUT2D eigenvalue weighted by Crippen LogP contribution is 2.29. The molecule has 2 amide bonds. The topological polar surface area (TPSA) is 71.1 Å². The molecule has 1 aliphatic carbocycles. The molecule has 1 heterocycles. The van der Waals surface area contributed by atoms with Crippen molar-refractivity contribution in [2.75, 3.05) is 46.2 Å². The molecule has 0 unspecified atom stereocenters. The molecule has 3 atom stereocenters. The summed E-state index contributed by atoms with van der Waals surface area (Å²) < 4.78 is 11.8. The van der Waals surface area contributed by atoms with Gasteiger partial charge in [-0.1, -0.05) is 19.8 Å². The van der Waals surface area contributed by atoms with Crippen LogP contribution in [0, 0.1) is 11.8 Å². The maximum absolute atomic E-state index is 13.3. The van der Waals surface area contributed by atoms with Gasteiger partial charge < -0.3 is 19.7 Å². The smallest absolute Gasteiger partial charge is 0.257 e. The Balaban J connectivity index is 1.87. The lowest BCUT2D eigenvalue weighted by Gasteiger charge is -2.34. The lowest BCUT2D eigenvalue weighted by atomic mass is 10.0. The van der Waals surface area contributed by atoms with E-state index in [1.807, 2.05) is 6.07 Å². The van der Waals surface area contributed by atoms with Crippen molar-refractivity contribution in [2.24, 2.45) is 11.8 Å². The van der Waals surface area contributed by atoms with E-state index in [1.54, 1.807) is 31.2 Å². The minimum absolute atomic E-state index is 0.0378. The van der Waals surface area contributed by atoms with Crippen LogP contribution >= 0.6 is 0 Å². The predicted octanol–water partition coefficient (Wildman–Crippen LogP) is 3.25. The van der Waals surface area contributed by atoms with Gasteiger partial charge in [0.2, 0.25) is 5.91 Å². The van der Waals surface area contributed by atoms with Crippen molar-refractivity contribution in [3.8, 4) is 5.75 Å². The fourth-order valence-electron chi connectivity index (χ4n) is 4.47. The molecule has 172 valence electrons. The average molecular weight is 432 g/mol. The van der Waals surface area contributed by atoms with Gasteiger partial charge in [0.25, 0.3) is 5.91 Å². The van der Waals surface area contributed by atoms with Crippen LogP contribution in [0.5, 0.6) is 5.75 Å². The molecule has 0 spiro atoms. The highest BCUT2D eigenvalue weighted by molar-refractivity contribution is 5.99. The molecule has 3 rings (SSSR count). The van der Waals surface area contributed by atoms with E-state index in [-0.39, 0.29) is 35.8 Å². The quantitative estimate of drug-likeness (QED) is 0.796. The van der Waals surface area contributed by atoms with Gasteiger partial charge in [-0.2, -0.15) is 0 Å². The van der Waals surface area contributed by atoms with E-state index in [4.69, 9.17) is 9.47 Å². The molecule has 1 fully saturated rings. The number of carbonyl (C=O) groups excluding carboxylic acids is 2. The van der Waals surface area contributed by atoms with Crippen molar-refractivity contribution in [1.82, 2.24) is 9.80 Å². The van der Waals surface area contributed by atoms with E-state index in [0.717, 1.165) is 32.2 Å². The number of ether oxygens (including phenoxy) is 2. The van der Waals surface area contributed by atoms with Gasteiger partial charge in [0.15, 0.2) is 0 Å².